The minimum absolute atomic E-state index is 0.240. The van der Waals surface area contributed by atoms with Crippen LogP contribution in [0, 0.1) is 19.3 Å². The molecule has 0 atom stereocenters. The van der Waals surface area contributed by atoms with E-state index in [4.69, 9.17) is 5.73 Å². The topological polar surface area (TPSA) is 60.9 Å². The number of rotatable bonds is 5. The third-order valence-corrected chi connectivity index (χ3v) is 3.83. The van der Waals surface area contributed by atoms with Gasteiger partial charge in [0.05, 0.1) is 12.2 Å². The molecule has 0 radical (unpaired) electrons. The van der Waals surface area contributed by atoms with Gasteiger partial charge in [0.25, 0.3) is 5.91 Å². The second-order valence-electron chi connectivity index (χ2n) is 7.60. The van der Waals surface area contributed by atoms with Crippen LogP contribution in [0.15, 0.2) is 24.3 Å². The summed E-state index contributed by atoms with van der Waals surface area (Å²) in [6.07, 6.45) is 1.87. The summed E-state index contributed by atoms with van der Waals surface area (Å²) < 4.78 is 1.73. The SMILES string of the molecule is Cc1cc(C)cc(Cn2nc(CCC(C)(C)C)cc2C(N)=O)c1. The maximum atomic E-state index is 11.7. The van der Waals surface area contributed by atoms with Gasteiger partial charge in [0.1, 0.15) is 5.69 Å². The molecule has 4 heteroatoms. The minimum atomic E-state index is -0.427. The lowest BCUT2D eigenvalue weighted by molar-refractivity contribution is 0.0990. The van der Waals surface area contributed by atoms with Crippen molar-refractivity contribution in [2.75, 3.05) is 0 Å². The van der Waals surface area contributed by atoms with Gasteiger partial charge < -0.3 is 5.73 Å². The second-order valence-corrected chi connectivity index (χ2v) is 7.60. The van der Waals surface area contributed by atoms with Crippen LogP contribution < -0.4 is 5.73 Å². The number of aryl methyl sites for hydroxylation is 3. The molecule has 0 aliphatic carbocycles. The minimum Gasteiger partial charge on any atom is -0.364 e. The standard InChI is InChI=1S/C19H27N3O/c1-13-8-14(2)10-15(9-13)12-22-17(18(20)23)11-16(21-22)6-7-19(3,4)5/h8-11H,6-7,12H2,1-5H3,(H2,20,23). The number of amides is 1. The summed E-state index contributed by atoms with van der Waals surface area (Å²) in [5.41, 5.74) is 10.7. The lowest BCUT2D eigenvalue weighted by Gasteiger charge is -2.16. The zero-order valence-corrected chi connectivity index (χ0v) is 14.8. The third kappa shape index (κ3) is 4.95. The maximum absolute atomic E-state index is 11.7. The predicted octanol–water partition coefficient (Wildman–Crippen LogP) is 3.63. The fourth-order valence-electron chi connectivity index (χ4n) is 2.75. The molecule has 2 N–H and O–H groups in total. The zero-order chi connectivity index (χ0) is 17.2. The molecule has 2 aromatic rings. The molecule has 0 spiro atoms. The predicted molar refractivity (Wildman–Crippen MR) is 93.5 cm³/mol. The molecular formula is C19H27N3O. The second kappa shape index (κ2) is 6.57. The third-order valence-electron chi connectivity index (χ3n) is 3.83. The number of primary amides is 1. The van der Waals surface area contributed by atoms with E-state index >= 15 is 0 Å². The van der Waals surface area contributed by atoms with Crippen LogP contribution in [-0.4, -0.2) is 15.7 Å². The molecular weight excluding hydrogens is 286 g/mol. The Hall–Kier alpha value is -2.10. The lowest BCUT2D eigenvalue weighted by atomic mass is 9.90. The van der Waals surface area contributed by atoms with Crippen molar-refractivity contribution in [1.29, 1.82) is 0 Å². The molecule has 1 amide bonds. The Kier molecular flexibility index (Phi) is 4.93. The molecule has 1 aromatic heterocycles. The number of hydrogen-bond donors (Lipinski definition) is 1. The smallest absolute Gasteiger partial charge is 0.266 e. The molecule has 124 valence electrons. The summed E-state index contributed by atoms with van der Waals surface area (Å²) >= 11 is 0. The van der Waals surface area contributed by atoms with Gasteiger partial charge >= 0.3 is 0 Å². The van der Waals surface area contributed by atoms with Gasteiger partial charge in [-0.15, -0.1) is 0 Å². The summed E-state index contributed by atoms with van der Waals surface area (Å²) in [5.74, 6) is -0.427. The van der Waals surface area contributed by atoms with Crippen LogP contribution in [0.3, 0.4) is 0 Å². The van der Waals surface area contributed by atoms with E-state index in [1.807, 2.05) is 6.07 Å². The average Bonchev–Trinajstić information content (AvgIpc) is 2.77. The molecule has 0 aliphatic heterocycles. The summed E-state index contributed by atoms with van der Waals surface area (Å²) in [5, 5.41) is 4.60. The first kappa shape index (κ1) is 17.3. The van der Waals surface area contributed by atoms with Crippen molar-refractivity contribution in [3.8, 4) is 0 Å². The molecule has 0 unspecified atom stereocenters. The van der Waals surface area contributed by atoms with E-state index in [0.717, 1.165) is 24.1 Å². The van der Waals surface area contributed by atoms with Crippen LogP contribution in [-0.2, 0) is 13.0 Å². The van der Waals surface area contributed by atoms with Crippen LogP contribution in [0.5, 0.6) is 0 Å². The average molecular weight is 313 g/mol. The van der Waals surface area contributed by atoms with Crippen LogP contribution in [0.2, 0.25) is 0 Å². The van der Waals surface area contributed by atoms with Crippen LogP contribution >= 0.6 is 0 Å². The van der Waals surface area contributed by atoms with Crippen molar-refractivity contribution in [1.82, 2.24) is 9.78 Å². The van der Waals surface area contributed by atoms with E-state index < -0.39 is 5.91 Å². The van der Waals surface area contributed by atoms with Gasteiger partial charge in [0.2, 0.25) is 0 Å². The highest BCUT2D eigenvalue weighted by Crippen LogP contribution is 2.21. The van der Waals surface area contributed by atoms with Crippen molar-refractivity contribution in [3.63, 3.8) is 0 Å². The Morgan fingerprint density at radius 1 is 1.13 bits per heavy atom. The van der Waals surface area contributed by atoms with Crippen molar-refractivity contribution in [3.05, 3.63) is 52.3 Å². The van der Waals surface area contributed by atoms with Gasteiger partial charge in [-0.3, -0.25) is 9.48 Å². The highest BCUT2D eigenvalue weighted by Gasteiger charge is 2.16. The number of nitrogens with zero attached hydrogens (tertiary/aromatic N) is 2. The fourth-order valence-corrected chi connectivity index (χ4v) is 2.75. The monoisotopic (exact) mass is 313 g/mol. The molecule has 2 rings (SSSR count). The van der Waals surface area contributed by atoms with Crippen LogP contribution in [0.25, 0.3) is 0 Å². The lowest BCUT2D eigenvalue weighted by Crippen LogP contribution is -2.18. The van der Waals surface area contributed by atoms with E-state index in [9.17, 15) is 4.79 Å². The molecule has 1 aromatic carbocycles. The van der Waals surface area contributed by atoms with Gasteiger partial charge in [-0.05, 0) is 43.7 Å². The summed E-state index contributed by atoms with van der Waals surface area (Å²) in [6.45, 7) is 11.3. The summed E-state index contributed by atoms with van der Waals surface area (Å²) in [7, 11) is 0. The number of carbonyl (C=O) groups is 1. The molecule has 0 bridgehead atoms. The number of hydrogen-bond acceptors (Lipinski definition) is 2. The van der Waals surface area contributed by atoms with E-state index in [0.29, 0.717) is 12.2 Å². The maximum Gasteiger partial charge on any atom is 0.266 e. The Labute approximate surface area is 138 Å². The Morgan fingerprint density at radius 3 is 2.26 bits per heavy atom. The fraction of sp³-hybridized carbons (Fsp3) is 0.474. The largest absolute Gasteiger partial charge is 0.364 e. The van der Waals surface area contributed by atoms with Gasteiger partial charge in [0, 0.05) is 0 Å². The van der Waals surface area contributed by atoms with Crippen LogP contribution in [0.4, 0.5) is 0 Å². The summed E-state index contributed by atoms with van der Waals surface area (Å²) in [6, 6.07) is 8.20. The highest BCUT2D eigenvalue weighted by atomic mass is 16.1. The molecule has 0 fully saturated rings. The van der Waals surface area contributed by atoms with Crippen LogP contribution in [0.1, 0.15) is 60.1 Å². The van der Waals surface area contributed by atoms with Crippen molar-refractivity contribution >= 4 is 5.91 Å². The van der Waals surface area contributed by atoms with Gasteiger partial charge in [0.15, 0.2) is 0 Å². The molecule has 0 aliphatic rings. The number of aromatic nitrogens is 2. The Morgan fingerprint density at radius 2 is 1.74 bits per heavy atom. The first-order valence-corrected chi connectivity index (χ1v) is 8.08. The quantitative estimate of drug-likeness (QED) is 0.916. The Balaban J connectivity index is 2.26. The Bertz CT molecular complexity index is 688. The number of carbonyl (C=O) groups excluding carboxylic acids is 1. The number of nitrogens with two attached hydrogens (primary N) is 1. The first-order valence-electron chi connectivity index (χ1n) is 8.08. The number of benzene rings is 1. The highest BCUT2D eigenvalue weighted by molar-refractivity contribution is 5.91. The van der Waals surface area contributed by atoms with Gasteiger partial charge in [-0.1, -0.05) is 50.1 Å². The molecule has 0 saturated carbocycles. The van der Waals surface area contributed by atoms with E-state index in [1.54, 1.807) is 4.68 Å². The molecule has 1 heterocycles. The van der Waals surface area contributed by atoms with E-state index in [1.165, 1.54) is 11.1 Å². The van der Waals surface area contributed by atoms with E-state index in [2.05, 4.69) is 57.9 Å². The van der Waals surface area contributed by atoms with Gasteiger partial charge in [-0.2, -0.15) is 5.10 Å². The molecule has 0 saturated heterocycles. The molecule has 23 heavy (non-hydrogen) atoms. The van der Waals surface area contributed by atoms with Crippen molar-refractivity contribution < 1.29 is 4.79 Å². The van der Waals surface area contributed by atoms with Gasteiger partial charge in [-0.25, -0.2) is 0 Å². The van der Waals surface area contributed by atoms with E-state index in [-0.39, 0.29) is 5.41 Å². The van der Waals surface area contributed by atoms with Crippen molar-refractivity contribution in [2.24, 2.45) is 11.1 Å². The normalized spacial score (nSPS) is 11.7. The first-order chi connectivity index (χ1) is 10.6. The molecule has 4 nitrogen and oxygen atoms in total. The summed E-state index contributed by atoms with van der Waals surface area (Å²) in [4.78, 5) is 11.7. The van der Waals surface area contributed by atoms with Crippen molar-refractivity contribution in [2.45, 2.75) is 54.0 Å². The zero-order valence-electron chi connectivity index (χ0n) is 14.8.